The Morgan fingerprint density at radius 1 is 0.560 bits per heavy atom. The van der Waals surface area contributed by atoms with Gasteiger partial charge in [0.25, 0.3) is 5.91 Å². The van der Waals surface area contributed by atoms with Gasteiger partial charge in [-0.15, -0.1) is 0 Å². The molecule has 2 aliphatic heterocycles. The van der Waals surface area contributed by atoms with E-state index in [9.17, 15) is 67.1 Å². The highest BCUT2D eigenvalue weighted by atomic mass is 19.4. The zero-order valence-corrected chi connectivity index (χ0v) is 49.1. The molecule has 9 rings (SSSR count). The van der Waals surface area contributed by atoms with Crippen molar-refractivity contribution in [2.45, 2.75) is 119 Å². The highest BCUT2D eigenvalue weighted by molar-refractivity contribution is 5.81. The van der Waals surface area contributed by atoms with Gasteiger partial charge in [0, 0.05) is 19.1 Å². The van der Waals surface area contributed by atoms with Crippen LogP contribution in [0.15, 0.2) is 163 Å². The highest BCUT2D eigenvalue weighted by Crippen LogP contribution is 2.42. The SMILES string of the molecule is C[C@@H](OC[C@@]1(c2ccccc2)CC[C@H](NC(=O)NNC(=O)COCc2ccccc2)CN1)c1cc(C(F)(F)F)cc(C(F)(F)F)c1.C[C@@H](OC[C@@]1(c2ccccc2)CC[C@H](n2c(COCc3ccccc3)n[nH]c2=O)CN1)c1cc(C(F)(F)F)cc(C(F)(F)F)c1. The Balaban J connectivity index is 0.000000235. The third-order valence-corrected chi connectivity index (χ3v) is 15.6. The number of hydrogen-bond donors (Lipinski definition) is 6. The van der Waals surface area contributed by atoms with E-state index in [-0.39, 0.29) is 80.6 Å². The van der Waals surface area contributed by atoms with Gasteiger partial charge in [0.15, 0.2) is 5.82 Å². The first-order valence-electron chi connectivity index (χ1n) is 28.8. The summed E-state index contributed by atoms with van der Waals surface area (Å²) < 4.78 is 186. The summed E-state index contributed by atoms with van der Waals surface area (Å²) in [4.78, 5) is 37.2. The summed E-state index contributed by atoms with van der Waals surface area (Å²) in [6.07, 6.45) is -20.2. The molecule has 91 heavy (non-hydrogen) atoms. The maximum Gasteiger partial charge on any atom is 0.416 e. The third kappa shape index (κ3) is 19.0. The quantitative estimate of drug-likeness (QED) is 0.0317. The van der Waals surface area contributed by atoms with Gasteiger partial charge in [0.2, 0.25) is 0 Å². The summed E-state index contributed by atoms with van der Waals surface area (Å²) in [5.41, 5.74) is -0.118. The van der Waals surface area contributed by atoms with E-state index in [2.05, 4.69) is 37.0 Å². The second-order valence-electron chi connectivity index (χ2n) is 22.1. The predicted molar refractivity (Wildman–Crippen MR) is 309 cm³/mol. The minimum atomic E-state index is -4.97. The fourth-order valence-electron chi connectivity index (χ4n) is 10.6. The molecule has 2 saturated heterocycles. The summed E-state index contributed by atoms with van der Waals surface area (Å²) in [5.74, 6) is -0.116. The molecule has 0 aliphatic carbocycles. The van der Waals surface area contributed by atoms with Gasteiger partial charge in [-0.25, -0.2) is 20.1 Å². The molecule has 0 spiro atoms. The van der Waals surface area contributed by atoms with Crippen LogP contribution < -0.4 is 32.5 Å². The van der Waals surface area contributed by atoms with Crippen LogP contribution in [0.3, 0.4) is 0 Å². The van der Waals surface area contributed by atoms with Crippen molar-refractivity contribution in [3.63, 3.8) is 0 Å². The number of piperidine rings is 2. The lowest BCUT2D eigenvalue weighted by atomic mass is 9.81. The molecule has 15 nitrogen and oxygen atoms in total. The number of amides is 3. The van der Waals surface area contributed by atoms with Crippen LogP contribution in [-0.4, -0.2) is 65.7 Å². The molecule has 27 heteroatoms. The van der Waals surface area contributed by atoms with Gasteiger partial charge in [-0.1, -0.05) is 121 Å². The number of ether oxygens (including phenoxy) is 4. The molecule has 6 N–H and O–H groups in total. The summed E-state index contributed by atoms with van der Waals surface area (Å²) in [6, 6.07) is 38.7. The van der Waals surface area contributed by atoms with Crippen molar-refractivity contribution >= 4 is 11.9 Å². The van der Waals surface area contributed by atoms with Crippen molar-refractivity contribution in [3.8, 4) is 0 Å². The fourth-order valence-corrected chi connectivity index (χ4v) is 10.6. The molecule has 0 unspecified atom stereocenters. The number of rotatable bonds is 20. The Kier molecular flexibility index (Phi) is 22.6. The number of hydrazine groups is 1. The number of alkyl halides is 12. The maximum absolute atomic E-state index is 13.5. The van der Waals surface area contributed by atoms with Crippen molar-refractivity contribution in [3.05, 3.63) is 230 Å². The Hall–Kier alpha value is -8.08. The summed E-state index contributed by atoms with van der Waals surface area (Å²) >= 11 is 0. The molecule has 488 valence electrons. The van der Waals surface area contributed by atoms with Crippen LogP contribution in [0.1, 0.15) is 119 Å². The fraction of sp³-hybridized carbons (Fsp3) is 0.375. The second kappa shape index (κ2) is 29.9. The number of aromatic nitrogens is 3. The Morgan fingerprint density at radius 2 is 0.978 bits per heavy atom. The average molecular weight is 1290 g/mol. The number of urea groups is 1. The van der Waals surface area contributed by atoms with Gasteiger partial charge in [-0.2, -0.15) is 57.8 Å². The maximum atomic E-state index is 13.5. The van der Waals surface area contributed by atoms with Crippen LogP contribution in [-0.2, 0) is 79.3 Å². The average Bonchev–Trinajstić information content (AvgIpc) is 1.88. The first-order chi connectivity index (χ1) is 43.1. The van der Waals surface area contributed by atoms with Crippen molar-refractivity contribution in [2.24, 2.45) is 0 Å². The lowest BCUT2D eigenvalue weighted by molar-refractivity contribution is -0.145. The predicted octanol–water partition coefficient (Wildman–Crippen LogP) is 12.9. The van der Waals surface area contributed by atoms with E-state index in [4.69, 9.17) is 18.9 Å². The topological polar surface area (TPSA) is 182 Å². The minimum absolute atomic E-state index is 0.0458. The molecule has 6 atom stereocenters. The summed E-state index contributed by atoms with van der Waals surface area (Å²) in [6.45, 7) is 3.68. The Labute approximate surface area is 515 Å². The number of carbonyl (C=O) groups is 2. The molecule has 0 radical (unpaired) electrons. The van der Waals surface area contributed by atoms with Crippen LogP contribution >= 0.6 is 0 Å². The van der Waals surface area contributed by atoms with Crippen LogP contribution in [0.4, 0.5) is 57.5 Å². The van der Waals surface area contributed by atoms with Crippen molar-refractivity contribution in [2.75, 3.05) is 32.9 Å². The molecule has 7 aromatic rings. The van der Waals surface area contributed by atoms with E-state index in [1.54, 1.807) is 22.8 Å². The number of H-pyrrole nitrogens is 1. The first-order valence-corrected chi connectivity index (χ1v) is 28.8. The zero-order chi connectivity index (χ0) is 65.6. The van der Waals surface area contributed by atoms with Crippen LogP contribution in [0.5, 0.6) is 0 Å². The van der Waals surface area contributed by atoms with E-state index in [0.29, 0.717) is 68.9 Å². The molecule has 0 saturated carbocycles. The number of nitrogens with one attached hydrogen (secondary N) is 6. The number of carbonyl (C=O) groups excluding carboxylic acids is 2. The molecule has 3 amide bonds. The van der Waals surface area contributed by atoms with E-state index in [0.717, 1.165) is 22.3 Å². The van der Waals surface area contributed by atoms with Crippen molar-refractivity contribution in [1.29, 1.82) is 0 Å². The normalized spacial score (nSPS) is 19.5. The molecule has 2 aliphatic rings. The lowest BCUT2D eigenvalue weighted by Crippen LogP contribution is -2.59. The van der Waals surface area contributed by atoms with Crippen LogP contribution in [0.25, 0.3) is 0 Å². The van der Waals surface area contributed by atoms with Crippen molar-refractivity contribution < 1.29 is 81.2 Å². The van der Waals surface area contributed by atoms with E-state index in [1.165, 1.54) is 13.8 Å². The second-order valence-corrected chi connectivity index (χ2v) is 22.1. The molecule has 0 bridgehead atoms. The molecule has 1 aromatic heterocycles. The Morgan fingerprint density at radius 3 is 1.38 bits per heavy atom. The van der Waals surface area contributed by atoms with E-state index >= 15 is 0 Å². The number of aromatic amines is 1. The number of halogens is 12. The molecule has 3 heterocycles. The van der Waals surface area contributed by atoms with Crippen LogP contribution in [0, 0.1) is 0 Å². The first kappa shape index (κ1) is 68.8. The minimum Gasteiger partial charge on any atom is -0.372 e. The van der Waals surface area contributed by atoms with Crippen LogP contribution in [0.2, 0.25) is 0 Å². The molecule has 2 fully saturated rings. The van der Waals surface area contributed by atoms with Gasteiger partial charge >= 0.3 is 36.4 Å². The number of benzene rings is 6. The van der Waals surface area contributed by atoms with Gasteiger partial charge in [0.1, 0.15) is 13.2 Å². The molecular weight excluding hydrogens is 1220 g/mol. The molecular formula is C64H66F12N8O7. The van der Waals surface area contributed by atoms with Gasteiger partial charge in [-0.3, -0.25) is 14.8 Å². The number of nitrogens with zero attached hydrogens (tertiary/aromatic N) is 2. The van der Waals surface area contributed by atoms with Gasteiger partial charge in [0.05, 0.1) is 78.0 Å². The highest BCUT2D eigenvalue weighted by Gasteiger charge is 2.43. The number of hydrogen-bond acceptors (Lipinski definition) is 10. The zero-order valence-electron chi connectivity index (χ0n) is 49.1. The standard InChI is InChI=1S/C32H34F6N4O4.C32H32F6N4O3/c1-21(23-14-25(31(33,34)35)16-26(15-23)32(36,37)38)46-20-30(24-10-6-3-7-11-24)13-12-27(17-39-30)40-29(44)42-41-28(43)19-45-18-22-8-4-2-5-9-22;1-21(23-14-25(31(33,34)35)16-26(15-23)32(36,37)38)45-20-30(24-10-6-3-7-11-24)13-12-27(17-39-30)42-28(40-41-29(42)43)19-44-18-22-8-4-2-5-9-22/h2-11,14-16,21,27,39H,12-13,17-20H2,1H3,(H,41,43)(H2,40,42,44);2-11,14-16,21,27,39H,12-13,17-20H2,1H3,(H,41,43)/t2*21-,27+,30-/m11/s1. The molecule has 6 aromatic carbocycles. The van der Waals surface area contributed by atoms with Gasteiger partial charge < -0.3 is 34.9 Å². The van der Waals surface area contributed by atoms with E-state index < -0.39 is 82.2 Å². The lowest BCUT2D eigenvalue weighted by Gasteiger charge is -2.42. The summed E-state index contributed by atoms with van der Waals surface area (Å²) in [7, 11) is 0. The Bertz CT molecular complexity index is 3460. The smallest absolute Gasteiger partial charge is 0.372 e. The monoisotopic (exact) mass is 1290 g/mol. The van der Waals surface area contributed by atoms with E-state index in [1.807, 2.05) is 103 Å². The summed E-state index contributed by atoms with van der Waals surface area (Å²) in [5, 5.41) is 16.2. The largest absolute Gasteiger partial charge is 0.416 e. The van der Waals surface area contributed by atoms with Gasteiger partial charge in [-0.05, 0) is 109 Å². The third-order valence-electron chi connectivity index (χ3n) is 15.6. The van der Waals surface area contributed by atoms with Crippen molar-refractivity contribution in [1.82, 2.24) is 41.6 Å².